The topological polar surface area (TPSA) is 77.7 Å². The molecule has 2 aromatic heterocycles. The van der Waals surface area contributed by atoms with Gasteiger partial charge in [-0.25, -0.2) is 9.97 Å². The highest BCUT2D eigenvalue weighted by molar-refractivity contribution is 5.94. The zero-order valence-corrected chi connectivity index (χ0v) is 17.2. The van der Waals surface area contributed by atoms with Gasteiger partial charge in [0.15, 0.2) is 5.89 Å². The molecule has 4 rings (SSSR count). The number of piperidine rings is 1. The van der Waals surface area contributed by atoms with Crippen LogP contribution in [-0.4, -0.2) is 48.1 Å². The van der Waals surface area contributed by atoms with Gasteiger partial charge in [-0.05, 0) is 36.6 Å². The Hall–Kier alpha value is -3.35. The van der Waals surface area contributed by atoms with Crippen LogP contribution in [0, 0.1) is 0 Å². The lowest BCUT2D eigenvalue weighted by Gasteiger charge is -2.31. The zero-order valence-electron chi connectivity index (χ0n) is 17.2. The number of oxazole rings is 1. The molecule has 0 radical (unpaired) electrons. The molecule has 0 bridgehead atoms. The third kappa shape index (κ3) is 4.45. The van der Waals surface area contributed by atoms with E-state index in [4.69, 9.17) is 13.9 Å². The summed E-state index contributed by atoms with van der Waals surface area (Å²) in [4.78, 5) is 23.4. The number of amides is 1. The quantitative estimate of drug-likeness (QED) is 0.620. The van der Waals surface area contributed by atoms with Gasteiger partial charge in [-0.3, -0.25) is 4.79 Å². The number of rotatable bonds is 6. The monoisotopic (exact) mass is 407 g/mol. The van der Waals surface area contributed by atoms with Gasteiger partial charge < -0.3 is 18.8 Å². The second-order valence-electron chi connectivity index (χ2n) is 7.37. The molecule has 1 saturated heterocycles. The predicted octanol–water partition coefficient (Wildman–Crippen LogP) is 3.70. The van der Waals surface area contributed by atoms with Crippen LogP contribution in [0.3, 0.4) is 0 Å². The van der Waals surface area contributed by atoms with Gasteiger partial charge in [0.25, 0.3) is 5.91 Å². The van der Waals surface area contributed by atoms with E-state index in [0.29, 0.717) is 30.3 Å². The van der Waals surface area contributed by atoms with Crippen molar-refractivity contribution >= 4 is 5.91 Å². The number of ether oxygens (including phenoxy) is 2. The molecule has 1 atom stereocenters. The van der Waals surface area contributed by atoms with E-state index >= 15 is 0 Å². The third-order valence-corrected chi connectivity index (χ3v) is 5.33. The van der Waals surface area contributed by atoms with Crippen LogP contribution in [0.5, 0.6) is 11.6 Å². The van der Waals surface area contributed by atoms with Gasteiger partial charge in [0, 0.05) is 31.8 Å². The number of methoxy groups -OCH3 is 2. The first kappa shape index (κ1) is 19.9. The first-order valence-electron chi connectivity index (χ1n) is 10.0. The molecule has 0 N–H and O–H groups in total. The van der Waals surface area contributed by atoms with Gasteiger partial charge in [-0.2, -0.15) is 0 Å². The summed E-state index contributed by atoms with van der Waals surface area (Å²) in [7, 11) is 3.21. The maximum absolute atomic E-state index is 12.9. The number of pyridine rings is 1. The Morgan fingerprint density at radius 3 is 2.83 bits per heavy atom. The number of likely N-dealkylation sites (tertiary alicyclic amines) is 1. The minimum absolute atomic E-state index is 0.0296. The minimum Gasteiger partial charge on any atom is -0.497 e. The summed E-state index contributed by atoms with van der Waals surface area (Å²) in [5.41, 5.74) is 1.66. The van der Waals surface area contributed by atoms with Gasteiger partial charge in [-0.1, -0.05) is 12.1 Å². The van der Waals surface area contributed by atoms with Gasteiger partial charge in [0.05, 0.1) is 31.9 Å². The largest absolute Gasteiger partial charge is 0.497 e. The van der Waals surface area contributed by atoms with Crippen molar-refractivity contribution in [3.63, 3.8) is 0 Å². The van der Waals surface area contributed by atoms with E-state index in [1.165, 1.54) is 0 Å². The molecule has 3 aromatic rings. The maximum Gasteiger partial charge on any atom is 0.255 e. The van der Waals surface area contributed by atoms with E-state index in [0.717, 1.165) is 36.5 Å². The van der Waals surface area contributed by atoms with Crippen molar-refractivity contribution in [2.24, 2.45) is 0 Å². The second kappa shape index (κ2) is 8.98. The van der Waals surface area contributed by atoms with E-state index in [2.05, 4.69) is 9.97 Å². The average Bonchev–Trinajstić information content (AvgIpc) is 3.27. The van der Waals surface area contributed by atoms with Crippen molar-refractivity contribution in [2.45, 2.75) is 25.2 Å². The number of aromatic nitrogens is 2. The third-order valence-electron chi connectivity index (χ3n) is 5.33. The maximum atomic E-state index is 12.9. The molecule has 7 nitrogen and oxygen atoms in total. The zero-order chi connectivity index (χ0) is 20.9. The number of carbonyl (C=O) groups excluding carboxylic acids is 1. The van der Waals surface area contributed by atoms with Crippen LogP contribution in [-0.2, 0) is 6.42 Å². The molecule has 1 aromatic carbocycles. The minimum atomic E-state index is -0.0296. The van der Waals surface area contributed by atoms with Crippen LogP contribution in [0.15, 0.2) is 53.2 Å². The predicted molar refractivity (Wildman–Crippen MR) is 111 cm³/mol. The Morgan fingerprint density at radius 2 is 2.07 bits per heavy atom. The summed E-state index contributed by atoms with van der Waals surface area (Å²) >= 11 is 0. The number of nitrogens with zero attached hydrogens (tertiary/aromatic N) is 3. The fourth-order valence-corrected chi connectivity index (χ4v) is 3.75. The highest BCUT2D eigenvalue weighted by Gasteiger charge is 2.28. The number of carbonyl (C=O) groups is 1. The molecule has 3 heterocycles. The van der Waals surface area contributed by atoms with E-state index in [9.17, 15) is 4.79 Å². The summed E-state index contributed by atoms with van der Waals surface area (Å²) < 4.78 is 16.4. The first-order valence-corrected chi connectivity index (χ1v) is 10.0. The molecule has 30 heavy (non-hydrogen) atoms. The molecule has 0 unspecified atom stereocenters. The summed E-state index contributed by atoms with van der Waals surface area (Å²) in [6, 6.07) is 11.4. The van der Waals surface area contributed by atoms with Crippen LogP contribution in [0.25, 0.3) is 0 Å². The van der Waals surface area contributed by atoms with Crippen LogP contribution in [0.4, 0.5) is 0 Å². The van der Waals surface area contributed by atoms with Crippen LogP contribution >= 0.6 is 0 Å². The molecule has 1 aliphatic rings. The van der Waals surface area contributed by atoms with Crippen molar-refractivity contribution in [1.82, 2.24) is 14.9 Å². The van der Waals surface area contributed by atoms with Crippen LogP contribution in [0.2, 0.25) is 0 Å². The number of hydrogen-bond donors (Lipinski definition) is 0. The summed E-state index contributed by atoms with van der Waals surface area (Å²) in [6.45, 7) is 1.31. The molecule has 1 amide bonds. The first-order chi connectivity index (χ1) is 14.7. The van der Waals surface area contributed by atoms with Crippen molar-refractivity contribution in [3.8, 4) is 11.6 Å². The van der Waals surface area contributed by atoms with E-state index in [1.54, 1.807) is 38.7 Å². The smallest absolute Gasteiger partial charge is 0.255 e. The lowest BCUT2D eigenvalue weighted by molar-refractivity contribution is 0.0697. The summed E-state index contributed by atoms with van der Waals surface area (Å²) in [6.07, 6.45) is 5.85. The molecule has 1 aliphatic heterocycles. The Kier molecular flexibility index (Phi) is 5.97. The van der Waals surface area contributed by atoms with Crippen LogP contribution < -0.4 is 9.47 Å². The number of hydrogen-bond acceptors (Lipinski definition) is 6. The van der Waals surface area contributed by atoms with Crippen molar-refractivity contribution in [2.75, 3.05) is 27.3 Å². The van der Waals surface area contributed by atoms with Crippen molar-refractivity contribution in [1.29, 1.82) is 0 Å². The molecule has 0 aliphatic carbocycles. The molecule has 0 saturated carbocycles. The van der Waals surface area contributed by atoms with Gasteiger partial charge in [0.1, 0.15) is 11.5 Å². The molecular formula is C23H25N3O4. The Balaban J connectivity index is 1.42. The van der Waals surface area contributed by atoms with E-state index < -0.39 is 0 Å². The average molecular weight is 407 g/mol. The SMILES string of the molecule is COc1cccc(Cc2cnc([C@H]3CCCN(C(=O)c4ccc(OC)nc4)C3)o2)c1. The highest BCUT2D eigenvalue weighted by Crippen LogP contribution is 2.28. The van der Waals surface area contributed by atoms with Gasteiger partial charge in [0.2, 0.25) is 5.88 Å². The van der Waals surface area contributed by atoms with E-state index in [1.807, 2.05) is 29.2 Å². The lowest BCUT2D eigenvalue weighted by atomic mass is 9.97. The fourth-order valence-electron chi connectivity index (χ4n) is 3.75. The molecular weight excluding hydrogens is 382 g/mol. The lowest BCUT2D eigenvalue weighted by Crippen LogP contribution is -2.39. The normalized spacial score (nSPS) is 16.3. The van der Waals surface area contributed by atoms with Gasteiger partial charge in [-0.15, -0.1) is 0 Å². The Labute approximate surface area is 175 Å². The van der Waals surface area contributed by atoms with Crippen molar-refractivity contribution < 1.29 is 18.7 Å². The summed E-state index contributed by atoms with van der Waals surface area (Å²) in [5, 5.41) is 0. The Morgan fingerprint density at radius 1 is 1.17 bits per heavy atom. The highest BCUT2D eigenvalue weighted by atomic mass is 16.5. The molecule has 156 valence electrons. The molecule has 7 heteroatoms. The van der Waals surface area contributed by atoms with Gasteiger partial charge >= 0.3 is 0 Å². The molecule has 0 spiro atoms. The van der Waals surface area contributed by atoms with Crippen LogP contribution in [0.1, 0.15) is 46.3 Å². The van der Waals surface area contributed by atoms with E-state index in [-0.39, 0.29) is 11.8 Å². The Bertz CT molecular complexity index is 1000. The summed E-state index contributed by atoms with van der Waals surface area (Å²) in [5.74, 6) is 2.87. The number of benzene rings is 1. The fraction of sp³-hybridized carbons (Fsp3) is 0.348. The molecule has 1 fully saturated rings. The van der Waals surface area contributed by atoms with Crippen molar-refractivity contribution in [3.05, 3.63) is 71.6 Å². The standard InChI is InChI=1S/C23H25N3O4/c1-28-19-7-3-5-16(11-19)12-20-14-25-22(30-20)18-6-4-10-26(15-18)23(27)17-8-9-21(29-2)24-13-17/h3,5,7-9,11,13-14,18H,4,6,10,12,15H2,1-2H3/t18-/m0/s1. The second-order valence-corrected chi connectivity index (χ2v) is 7.37.